The summed E-state index contributed by atoms with van der Waals surface area (Å²) in [6.07, 6.45) is -1.75. The molecule has 1 fully saturated rings. The van der Waals surface area contributed by atoms with Crippen molar-refractivity contribution in [1.82, 2.24) is 5.32 Å². The number of aliphatic hydroxyl groups is 1. The van der Waals surface area contributed by atoms with Crippen LogP contribution in [0, 0.1) is 5.92 Å². The van der Waals surface area contributed by atoms with Gasteiger partial charge in [-0.2, -0.15) is 0 Å². The van der Waals surface area contributed by atoms with Crippen molar-refractivity contribution in [3.8, 4) is 16.9 Å². The molecule has 47 heavy (non-hydrogen) atoms. The van der Waals surface area contributed by atoms with E-state index in [0.29, 0.717) is 12.3 Å². The van der Waals surface area contributed by atoms with E-state index in [-0.39, 0.29) is 30.6 Å². The van der Waals surface area contributed by atoms with E-state index in [1.807, 2.05) is 91.0 Å². The fraction of sp³-hybridized carbons (Fsp3) is 0.316. The topological polar surface area (TPSA) is 103 Å². The number of benzene rings is 4. The molecule has 8 nitrogen and oxygen atoms in total. The minimum atomic E-state index is -0.853. The fourth-order valence-corrected chi connectivity index (χ4v) is 6.74. The molecule has 2 N–H and O–H groups in total. The summed E-state index contributed by atoms with van der Waals surface area (Å²) in [6.45, 7) is 5.29. The molecule has 0 bridgehead atoms. The van der Waals surface area contributed by atoms with Crippen LogP contribution in [0.2, 0.25) is 0 Å². The summed E-state index contributed by atoms with van der Waals surface area (Å²) in [7, 11) is 1.68. The number of amides is 1. The second-order valence-electron chi connectivity index (χ2n) is 11.6. The van der Waals surface area contributed by atoms with E-state index in [1.165, 1.54) is 6.92 Å². The first-order valence-electron chi connectivity index (χ1n) is 15.7. The molecule has 0 aliphatic carbocycles. The monoisotopic (exact) mass is 655 g/mol. The number of thioether (sulfide) groups is 1. The Balaban J connectivity index is 1.32. The van der Waals surface area contributed by atoms with Crippen LogP contribution in [0.25, 0.3) is 11.1 Å². The number of hydrogen-bond acceptors (Lipinski definition) is 8. The lowest BCUT2D eigenvalue weighted by atomic mass is 9.91. The molecule has 0 saturated carbocycles. The Morgan fingerprint density at radius 3 is 2.32 bits per heavy atom. The zero-order valence-electron chi connectivity index (χ0n) is 27.1. The fourth-order valence-electron chi connectivity index (χ4n) is 5.55. The number of esters is 1. The van der Waals surface area contributed by atoms with Gasteiger partial charge in [-0.3, -0.25) is 9.59 Å². The molecular weight excluding hydrogens is 614 g/mol. The highest BCUT2D eigenvalue weighted by Gasteiger charge is 2.38. The van der Waals surface area contributed by atoms with Crippen molar-refractivity contribution < 1.29 is 33.6 Å². The first kappa shape index (κ1) is 34.2. The predicted molar refractivity (Wildman–Crippen MR) is 182 cm³/mol. The maximum atomic E-state index is 12.3. The normalized spacial score (nSPS) is 19.9. The molecule has 246 valence electrons. The first-order chi connectivity index (χ1) is 22.7. The van der Waals surface area contributed by atoms with Gasteiger partial charge in [0.05, 0.1) is 25.9 Å². The van der Waals surface area contributed by atoms with Gasteiger partial charge >= 0.3 is 5.97 Å². The number of nitrogens with one attached hydrogen (secondary N) is 1. The summed E-state index contributed by atoms with van der Waals surface area (Å²) >= 11 is 1.71. The van der Waals surface area contributed by atoms with Crippen LogP contribution in [-0.2, 0) is 37.0 Å². The number of ether oxygens (including phenoxy) is 4. The van der Waals surface area contributed by atoms with Crippen LogP contribution in [0.1, 0.15) is 55.4 Å². The smallest absolute Gasteiger partial charge is 0.303 e. The van der Waals surface area contributed by atoms with Gasteiger partial charge in [-0.1, -0.05) is 85.8 Å². The molecular formula is C38H41NO7S. The van der Waals surface area contributed by atoms with Gasteiger partial charge < -0.3 is 29.4 Å². The molecule has 1 aliphatic rings. The SMILES string of the molecule is COc1ccccc1SC[C@@H]1O[C@H](c2ccc(-c3cccc(CNC(=O)[C@H](C)OC(C)=O)c3)cc2)O[C@H](c2ccc(CO)cc2)[C@@H]1C. The molecule has 1 heterocycles. The standard InChI is InChI=1S/C38H41NO7S/c1-24-34(23-47-35-11-6-5-10-33(35)43-4)45-38(46-36(24)30-14-12-27(22-40)13-15-30)31-18-16-29(17-19-31)32-9-7-8-28(20-32)21-39-37(42)25(2)44-26(3)41/h5-20,24-25,34,36,38,40H,21-23H2,1-4H3,(H,39,42)/t24-,25+,34+,36+,38+/m1/s1. The number of aliphatic hydroxyl groups excluding tert-OH is 1. The molecule has 4 aromatic rings. The van der Waals surface area contributed by atoms with Crippen molar-refractivity contribution in [3.05, 3.63) is 119 Å². The quantitative estimate of drug-likeness (QED) is 0.124. The van der Waals surface area contributed by atoms with Gasteiger partial charge in [0, 0.05) is 35.6 Å². The van der Waals surface area contributed by atoms with Crippen LogP contribution in [0.5, 0.6) is 5.75 Å². The third-order valence-corrected chi connectivity index (χ3v) is 9.36. The number of hydrogen-bond donors (Lipinski definition) is 2. The number of carbonyl (C=O) groups is 2. The minimum absolute atomic E-state index is 0.00948. The van der Waals surface area contributed by atoms with Gasteiger partial charge in [-0.05, 0) is 52.9 Å². The van der Waals surface area contributed by atoms with Gasteiger partial charge in [-0.15, -0.1) is 11.8 Å². The average Bonchev–Trinajstić information content (AvgIpc) is 3.10. The van der Waals surface area contributed by atoms with Crippen LogP contribution in [0.3, 0.4) is 0 Å². The van der Waals surface area contributed by atoms with Gasteiger partial charge in [0.15, 0.2) is 12.4 Å². The van der Waals surface area contributed by atoms with E-state index in [2.05, 4.69) is 18.3 Å². The largest absolute Gasteiger partial charge is 0.496 e. The molecule has 0 unspecified atom stereocenters. The van der Waals surface area contributed by atoms with Crippen LogP contribution in [-0.4, -0.2) is 42.1 Å². The Kier molecular flexibility index (Phi) is 11.7. The van der Waals surface area contributed by atoms with Crippen molar-refractivity contribution in [2.45, 2.75) is 63.4 Å². The van der Waals surface area contributed by atoms with E-state index in [0.717, 1.165) is 44.0 Å². The highest BCUT2D eigenvalue weighted by atomic mass is 32.2. The average molecular weight is 656 g/mol. The molecule has 0 radical (unpaired) electrons. The molecule has 0 spiro atoms. The van der Waals surface area contributed by atoms with E-state index in [4.69, 9.17) is 18.9 Å². The summed E-state index contributed by atoms with van der Waals surface area (Å²) < 4.78 is 23.8. The third-order valence-electron chi connectivity index (χ3n) is 8.22. The van der Waals surface area contributed by atoms with Crippen LogP contribution < -0.4 is 10.1 Å². The van der Waals surface area contributed by atoms with Gasteiger partial charge in [0.2, 0.25) is 0 Å². The Hall–Kier alpha value is -4.15. The number of methoxy groups -OCH3 is 1. The molecule has 1 aliphatic heterocycles. The molecule has 4 aromatic carbocycles. The van der Waals surface area contributed by atoms with Gasteiger partial charge in [-0.25, -0.2) is 0 Å². The molecule has 5 atom stereocenters. The molecule has 0 aromatic heterocycles. The summed E-state index contributed by atoms with van der Waals surface area (Å²) in [5.41, 5.74) is 5.74. The Morgan fingerprint density at radius 1 is 0.894 bits per heavy atom. The van der Waals surface area contributed by atoms with E-state index < -0.39 is 18.4 Å². The Morgan fingerprint density at radius 2 is 1.62 bits per heavy atom. The van der Waals surface area contributed by atoms with Crippen LogP contribution in [0.4, 0.5) is 0 Å². The maximum absolute atomic E-state index is 12.3. The lowest BCUT2D eigenvalue weighted by Gasteiger charge is -2.41. The second kappa shape index (κ2) is 16.1. The van der Waals surface area contributed by atoms with E-state index in [9.17, 15) is 14.7 Å². The highest BCUT2D eigenvalue weighted by Crippen LogP contribution is 2.44. The van der Waals surface area contributed by atoms with Gasteiger partial charge in [0.25, 0.3) is 5.91 Å². The summed E-state index contributed by atoms with van der Waals surface area (Å²) in [4.78, 5) is 24.5. The summed E-state index contributed by atoms with van der Waals surface area (Å²) in [5, 5.41) is 12.4. The van der Waals surface area contributed by atoms with E-state index in [1.54, 1.807) is 25.8 Å². The van der Waals surface area contributed by atoms with Crippen molar-refractivity contribution >= 4 is 23.6 Å². The number of para-hydroxylation sites is 1. The zero-order chi connectivity index (χ0) is 33.3. The highest BCUT2D eigenvalue weighted by molar-refractivity contribution is 7.99. The molecule has 5 rings (SSSR count). The Bertz CT molecular complexity index is 1640. The van der Waals surface area contributed by atoms with Crippen LogP contribution in [0.15, 0.2) is 102 Å². The summed E-state index contributed by atoms with van der Waals surface area (Å²) in [5.74, 6) is 0.773. The summed E-state index contributed by atoms with van der Waals surface area (Å²) in [6, 6.07) is 32.0. The minimum Gasteiger partial charge on any atom is -0.496 e. The van der Waals surface area contributed by atoms with Crippen molar-refractivity contribution in [1.29, 1.82) is 0 Å². The van der Waals surface area contributed by atoms with E-state index >= 15 is 0 Å². The first-order valence-corrected chi connectivity index (χ1v) is 16.6. The maximum Gasteiger partial charge on any atom is 0.303 e. The number of carbonyl (C=O) groups excluding carboxylic acids is 2. The Labute approximate surface area is 280 Å². The molecule has 1 amide bonds. The molecule has 9 heteroatoms. The molecule has 1 saturated heterocycles. The second-order valence-corrected chi connectivity index (χ2v) is 12.6. The van der Waals surface area contributed by atoms with Gasteiger partial charge in [0.1, 0.15) is 5.75 Å². The van der Waals surface area contributed by atoms with Crippen molar-refractivity contribution in [2.75, 3.05) is 12.9 Å². The zero-order valence-corrected chi connectivity index (χ0v) is 27.9. The lowest BCUT2D eigenvalue weighted by Crippen LogP contribution is -2.38. The number of rotatable bonds is 12. The predicted octanol–water partition coefficient (Wildman–Crippen LogP) is 7.01. The third kappa shape index (κ3) is 8.81. The lowest BCUT2D eigenvalue weighted by molar-refractivity contribution is -0.268. The van der Waals surface area contributed by atoms with Crippen molar-refractivity contribution in [2.24, 2.45) is 5.92 Å². The van der Waals surface area contributed by atoms with Crippen molar-refractivity contribution in [3.63, 3.8) is 0 Å². The van der Waals surface area contributed by atoms with Crippen LogP contribution >= 0.6 is 11.8 Å².